The van der Waals surface area contributed by atoms with Gasteiger partial charge in [-0.05, 0) is 24.6 Å². The van der Waals surface area contributed by atoms with Crippen LogP contribution in [0.5, 0.6) is 11.5 Å². The first-order valence-electron chi connectivity index (χ1n) is 7.42. The third kappa shape index (κ3) is 4.71. The fourth-order valence-corrected chi connectivity index (χ4v) is 2.05. The summed E-state index contributed by atoms with van der Waals surface area (Å²) in [6.45, 7) is 3.67. The minimum absolute atomic E-state index is 0.732. The molecule has 0 saturated carbocycles. The molecule has 0 heterocycles. The fourth-order valence-electron chi connectivity index (χ4n) is 2.05. The minimum Gasteiger partial charge on any atom is -0.497 e. The molecule has 0 aliphatic rings. The molecule has 0 spiro atoms. The Balaban J connectivity index is 1.98. The zero-order valence-electron chi connectivity index (χ0n) is 12.8. The van der Waals surface area contributed by atoms with Gasteiger partial charge in [0.1, 0.15) is 11.5 Å². The van der Waals surface area contributed by atoms with Crippen LogP contribution >= 0.6 is 0 Å². The number of benzene rings is 2. The molecule has 3 heteroatoms. The van der Waals surface area contributed by atoms with Crippen molar-refractivity contribution in [3.63, 3.8) is 0 Å². The Bertz CT molecular complexity index is 554. The third-order valence-electron chi connectivity index (χ3n) is 3.28. The molecule has 0 bridgehead atoms. The third-order valence-corrected chi connectivity index (χ3v) is 3.28. The Kier molecular flexibility index (Phi) is 5.95. The Morgan fingerprint density at radius 1 is 1.05 bits per heavy atom. The summed E-state index contributed by atoms with van der Waals surface area (Å²) in [4.78, 5) is 0. The van der Waals surface area contributed by atoms with Gasteiger partial charge < -0.3 is 14.8 Å². The van der Waals surface area contributed by atoms with Crippen molar-refractivity contribution in [1.82, 2.24) is 0 Å². The molecule has 0 unspecified atom stereocenters. The van der Waals surface area contributed by atoms with Gasteiger partial charge in [0.25, 0.3) is 0 Å². The second kappa shape index (κ2) is 8.20. The normalized spacial score (nSPS) is 10.2. The van der Waals surface area contributed by atoms with Gasteiger partial charge in [-0.3, -0.25) is 0 Å². The van der Waals surface area contributed by atoms with Crippen LogP contribution < -0.4 is 14.8 Å². The van der Waals surface area contributed by atoms with Crippen molar-refractivity contribution < 1.29 is 9.47 Å². The van der Waals surface area contributed by atoms with E-state index in [2.05, 4.69) is 18.3 Å². The molecule has 0 aromatic heterocycles. The highest BCUT2D eigenvalue weighted by Gasteiger charge is 2.03. The smallest absolute Gasteiger partial charge is 0.124 e. The SMILES string of the molecule is CCCCOc1ccccc1CNc1cccc(OC)c1. The monoisotopic (exact) mass is 285 g/mol. The summed E-state index contributed by atoms with van der Waals surface area (Å²) in [7, 11) is 1.68. The van der Waals surface area contributed by atoms with Crippen LogP contribution in [0.1, 0.15) is 25.3 Å². The predicted molar refractivity (Wildman–Crippen MR) is 87.2 cm³/mol. The zero-order valence-corrected chi connectivity index (χ0v) is 12.8. The number of para-hydroxylation sites is 1. The highest BCUT2D eigenvalue weighted by Crippen LogP contribution is 2.21. The van der Waals surface area contributed by atoms with E-state index in [1.165, 1.54) is 0 Å². The summed E-state index contributed by atoms with van der Waals surface area (Å²) in [6, 6.07) is 16.1. The maximum atomic E-state index is 5.85. The van der Waals surface area contributed by atoms with Gasteiger partial charge in [0, 0.05) is 23.9 Å². The molecular weight excluding hydrogens is 262 g/mol. The van der Waals surface area contributed by atoms with E-state index in [0.717, 1.165) is 48.7 Å². The van der Waals surface area contributed by atoms with Crippen LogP contribution in [0.4, 0.5) is 5.69 Å². The lowest BCUT2D eigenvalue weighted by Gasteiger charge is -2.13. The Hall–Kier alpha value is -2.16. The summed E-state index contributed by atoms with van der Waals surface area (Å²) in [5.41, 5.74) is 2.20. The highest BCUT2D eigenvalue weighted by atomic mass is 16.5. The molecule has 2 aromatic carbocycles. The number of anilines is 1. The lowest BCUT2D eigenvalue weighted by molar-refractivity contribution is 0.306. The van der Waals surface area contributed by atoms with E-state index in [9.17, 15) is 0 Å². The van der Waals surface area contributed by atoms with E-state index in [1.807, 2.05) is 42.5 Å². The van der Waals surface area contributed by atoms with Gasteiger partial charge in [-0.25, -0.2) is 0 Å². The highest BCUT2D eigenvalue weighted by molar-refractivity contribution is 5.49. The number of hydrogen-bond donors (Lipinski definition) is 1. The van der Waals surface area contributed by atoms with Crippen LogP contribution in [0.2, 0.25) is 0 Å². The summed E-state index contributed by atoms with van der Waals surface area (Å²) in [5, 5.41) is 3.41. The first-order valence-corrected chi connectivity index (χ1v) is 7.42. The molecule has 0 fully saturated rings. The summed E-state index contributed by atoms with van der Waals surface area (Å²) in [6.07, 6.45) is 2.22. The molecule has 3 nitrogen and oxygen atoms in total. The number of ether oxygens (including phenoxy) is 2. The van der Waals surface area contributed by atoms with Gasteiger partial charge in [0.05, 0.1) is 13.7 Å². The molecule has 2 rings (SSSR count). The Labute approximate surface area is 126 Å². The van der Waals surface area contributed by atoms with Crippen molar-refractivity contribution in [3.05, 3.63) is 54.1 Å². The number of unbranched alkanes of at least 4 members (excludes halogenated alkanes) is 1. The quantitative estimate of drug-likeness (QED) is 0.725. The van der Waals surface area contributed by atoms with Gasteiger partial charge >= 0.3 is 0 Å². The van der Waals surface area contributed by atoms with Crippen molar-refractivity contribution in [3.8, 4) is 11.5 Å². The van der Waals surface area contributed by atoms with Crippen molar-refractivity contribution in [2.45, 2.75) is 26.3 Å². The molecule has 0 atom stereocenters. The van der Waals surface area contributed by atoms with Crippen LogP contribution in [0, 0.1) is 0 Å². The van der Waals surface area contributed by atoms with Crippen LogP contribution in [0.15, 0.2) is 48.5 Å². The maximum Gasteiger partial charge on any atom is 0.124 e. The Morgan fingerprint density at radius 3 is 2.71 bits per heavy atom. The van der Waals surface area contributed by atoms with Crippen LogP contribution in [0.3, 0.4) is 0 Å². The average Bonchev–Trinajstić information content (AvgIpc) is 2.54. The minimum atomic E-state index is 0.732. The maximum absolute atomic E-state index is 5.85. The Morgan fingerprint density at radius 2 is 1.90 bits per heavy atom. The molecular formula is C18H23NO2. The van der Waals surface area contributed by atoms with Crippen LogP contribution in [0.25, 0.3) is 0 Å². The van der Waals surface area contributed by atoms with E-state index < -0.39 is 0 Å². The largest absolute Gasteiger partial charge is 0.497 e. The number of hydrogen-bond acceptors (Lipinski definition) is 3. The van der Waals surface area contributed by atoms with Crippen LogP contribution in [-0.4, -0.2) is 13.7 Å². The van der Waals surface area contributed by atoms with E-state index >= 15 is 0 Å². The standard InChI is InChI=1S/C18H23NO2/c1-3-4-12-21-18-11-6-5-8-15(18)14-19-16-9-7-10-17(13-16)20-2/h5-11,13,19H,3-4,12,14H2,1-2H3. The predicted octanol–water partition coefficient (Wildman–Crippen LogP) is 4.49. The molecule has 0 amide bonds. The number of nitrogens with one attached hydrogen (secondary N) is 1. The molecule has 112 valence electrons. The number of methoxy groups -OCH3 is 1. The number of rotatable bonds is 8. The summed E-state index contributed by atoms with van der Waals surface area (Å²) >= 11 is 0. The first kappa shape index (κ1) is 15.2. The van der Waals surface area contributed by atoms with Crippen molar-refractivity contribution in [1.29, 1.82) is 0 Å². The van der Waals surface area contributed by atoms with E-state index in [1.54, 1.807) is 7.11 Å². The van der Waals surface area contributed by atoms with E-state index in [4.69, 9.17) is 9.47 Å². The average molecular weight is 285 g/mol. The van der Waals surface area contributed by atoms with Gasteiger partial charge in [-0.1, -0.05) is 37.6 Å². The van der Waals surface area contributed by atoms with Gasteiger partial charge in [-0.15, -0.1) is 0 Å². The van der Waals surface area contributed by atoms with E-state index in [-0.39, 0.29) is 0 Å². The van der Waals surface area contributed by atoms with Gasteiger partial charge in [0.2, 0.25) is 0 Å². The lowest BCUT2D eigenvalue weighted by Crippen LogP contribution is -2.04. The topological polar surface area (TPSA) is 30.5 Å². The molecule has 0 aliphatic carbocycles. The molecule has 0 aliphatic heterocycles. The lowest BCUT2D eigenvalue weighted by atomic mass is 10.2. The summed E-state index contributed by atoms with van der Waals surface area (Å²) < 4.78 is 11.1. The van der Waals surface area contributed by atoms with Gasteiger partial charge in [-0.2, -0.15) is 0 Å². The first-order chi connectivity index (χ1) is 10.3. The molecule has 1 N–H and O–H groups in total. The van der Waals surface area contributed by atoms with Gasteiger partial charge in [0.15, 0.2) is 0 Å². The molecule has 0 saturated heterocycles. The van der Waals surface area contributed by atoms with Crippen molar-refractivity contribution in [2.75, 3.05) is 19.0 Å². The zero-order chi connectivity index (χ0) is 14.9. The van der Waals surface area contributed by atoms with Crippen molar-refractivity contribution in [2.24, 2.45) is 0 Å². The molecule has 2 aromatic rings. The summed E-state index contributed by atoms with van der Waals surface area (Å²) in [5.74, 6) is 1.81. The fraction of sp³-hybridized carbons (Fsp3) is 0.333. The van der Waals surface area contributed by atoms with E-state index in [0.29, 0.717) is 0 Å². The van der Waals surface area contributed by atoms with Crippen molar-refractivity contribution >= 4 is 5.69 Å². The molecule has 21 heavy (non-hydrogen) atoms. The second-order valence-corrected chi connectivity index (χ2v) is 4.90. The second-order valence-electron chi connectivity index (χ2n) is 4.90. The van der Waals surface area contributed by atoms with Crippen LogP contribution in [-0.2, 0) is 6.54 Å². The molecule has 0 radical (unpaired) electrons.